The first kappa shape index (κ1) is 21.6. The van der Waals surface area contributed by atoms with Crippen LogP contribution in [0, 0.1) is 5.82 Å². The Morgan fingerprint density at radius 3 is 2.87 bits per heavy atom. The number of nitrogens with zero attached hydrogens (tertiary/aromatic N) is 7. The summed E-state index contributed by atoms with van der Waals surface area (Å²) in [5.41, 5.74) is 0. The first-order valence-corrected chi connectivity index (χ1v) is 11.3. The van der Waals surface area contributed by atoms with E-state index < -0.39 is 5.97 Å². The Hall–Kier alpha value is -2.67. The summed E-state index contributed by atoms with van der Waals surface area (Å²) in [4.78, 5) is 14.8. The molecular weight excluding hydrogens is 493 g/mol. The summed E-state index contributed by atoms with van der Waals surface area (Å²) in [5.74, 6) is 0.0560. The number of carbonyl (C=O) groups excluding carboxylic acids is 1. The molecule has 1 aliphatic heterocycles. The average Bonchev–Trinajstić information content (AvgIpc) is 3.41. The summed E-state index contributed by atoms with van der Waals surface area (Å²) in [7, 11) is 0. The van der Waals surface area contributed by atoms with Crippen LogP contribution in [-0.2, 0) is 16.1 Å². The van der Waals surface area contributed by atoms with Crippen LogP contribution >= 0.6 is 27.3 Å². The van der Waals surface area contributed by atoms with Crippen molar-refractivity contribution >= 4 is 38.4 Å². The van der Waals surface area contributed by atoms with E-state index in [1.54, 1.807) is 13.0 Å². The lowest BCUT2D eigenvalue weighted by molar-refractivity contribution is -0.144. The lowest BCUT2D eigenvalue weighted by atomic mass is 10.1. The summed E-state index contributed by atoms with van der Waals surface area (Å²) in [6.07, 6.45) is 1.53. The second-order valence-corrected chi connectivity index (χ2v) is 8.53. The number of rotatable bonds is 7. The van der Waals surface area contributed by atoms with Gasteiger partial charge >= 0.3 is 5.97 Å². The Labute approximate surface area is 189 Å². The van der Waals surface area contributed by atoms with Crippen LogP contribution in [-0.4, -0.2) is 62.2 Å². The normalized spacial score (nSPS) is 14.6. The number of halogens is 2. The quantitative estimate of drug-likeness (QED) is 0.442. The summed E-state index contributed by atoms with van der Waals surface area (Å²) in [5, 5.41) is 21.6. The van der Waals surface area contributed by atoms with Crippen molar-refractivity contribution in [2.45, 2.75) is 32.4 Å². The van der Waals surface area contributed by atoms with Gasteiger partial charge in [-0.3, -0.25) is 0 Å². The third kappa shape index (κ3) is 5.34. The van der Waals surface area contributed by atoms with E-state index in [0.29, 0.717) is 23.2 Å². The molecule has 10 nitrogen and oxygen atoms in total. The Balaban J connectivity index is 1.34. The second-order valence-electron chi connectivity index (χ2n) is 6.72. The van der Waals surface area contributed by atoms with E-state index in [1.807, 2.05) is 0 Å². The molecular formula is C18H19BrFN7O3S. The molecule has 0 bridgehead atoms. The molecule has 3 heterocycles. The fraction of sp³-hybridized carbons (Fsp3) is 0.444. The van der Waals surface area contributed by atoms with E-state index in [1.165, 1.54) is 28.3 Å². The maximum absolute atomic E-state index is 13.5. The van der Waals surface area contributed by atoms with Gasteiger partial charge in [-0.25, -0.2) is 9.18 Å². The maximum atomic E-state index is 13.5. The molecule has 0 spiro atoms. The highest BCUT2D eigenvalue weighted by molar-refractivity contribution is 9.10. The number of carbonyl (C=O) groups is 1. The molecule has 1 saturated heterocycles. The van der Waals surface area contributed by atoms with Crippen LogP contribution in [0.15, 0.2) is 22.7 Å². The smallest absolute Gasteiger partial charge is 0.329 e. The molecule has 31 heavy (non-hydrogen) atoms. The maximum Gasteiger partial charge on any atom is 0.329 e. The van der Waals surface area contributed by atoms with Gasteiger partial charge in [0.15, 0.2) is 11.6 Å². The van der Waals surface area contributed by atoms with E-state index in [4.69, 9.17) is 9.47 Å². The van der Waals surface area contributed by atoms with Crippen LogP contribution in [0.2, 0.25) is 0 Å². The fourth-order valence-electron chi connectivity index (χ4n) is 3.06. The van der Waals surface area contributed by atoms with Gasteiger partial charge in [-0.1, -0.05) is 11.3 Å². The predicted molar refractivity (Wildman–Crippen MR) is 113 cm³/mol. The predicted octanol–water partition coefficient (Wildman–Crippen LogP) is 2.70. The number of benzene rings is 1. The monoisotopic (exact) mass is 511 g/mol. The first-order chi connectivity index (χ1) is 15.0. The van der Waals surface area contributed by atoms with E-state index in [-0.39, 0.29) is 18.5 Å². The van der Waals surface area contributed by atoms with Crippen molar-refractivity contribution in [1.29, 1.82) is 0 Å². The minimum atomic E-state index is -0.431. The molecule has 1 aliphatic rings. The largest absolute Gasteiger partial charge is 0.489 e. The summed E-state index contributed by atoms with van der Waals surface area (Å²) in [6, 6.07) is 4.41. The summed E-state index contributed by atoms with van der Waals surface area (Å²) >= 11 is 4.75. The zero-order valence-electron chi connectivity index (χ0n) is 16.6. The van der Waals surface area contributed by atoms with Crippen LogP contribution in [0.4, 0.5) is 9.52 Å². The van der Waals surface area contributed by atoms with Crippen molar-refractivity contribution in [3.8, 4) is 16.6 Å². The number of ether oxygens (including phenoxy) is 2. The van der Waals surface area contributed by atoms with Crippen molar-refractivity contribution in [1.82, 2.24) is 30.4 Å². The lowest BCUT2D eigenvalue weighted by Crippen LogP contribution is -2.38. The molecule has 2 aromatic heterocycles. The highest BCUT2D eigenvalue weighted by atomic mass is 79.9. The topological polar surface area (TPSA) is 108 Å². The van der Waals surface area contributed by atoms with E-state index in [0.717, 1.165) is 35.5 Å². The van der Waals surface area contributed by atoms with Crippen LogP contribution in [0.1, 0.15) is 19.8 Å². The number of hydrogen-bond acceptors (Lipinski definition) is 10. The average molecular weight is 512 g/mol. The van der Waals surface area contributed by atoms with Crippen LogP contribution < -0.4 is 9.64 Å². The Morgan fingerprint density at radius 1 is 1.29 bits per heavy atom. The molecule has 0 atom stereocenters. The standard InChI is InChI=1S/C18H19BrFN7O3S/c1-2-29-15(28)10-27-24-16(21-25-27)17-22-23-18(31-17)26-7-5-12(6-8-26)30-14-9-11(20)3-4-13(14)19/h3-4,9,12H,2,5-8,10H2,1H3. The van der Waals surface area contributed by atoms with Gasteiger partial charge in [-0.05, 0) is 40.2 Å². The molecule has 0 amide bonds. The van der Waals surface area contributed by atoms with Gasteiger partial charge in [0, 0.05) is 32.0 Å². The molecule has 0 unspecified atom stereocenters. The van der Waals surface area contributed by atoms with Gasteiger partial charge in [0.05, 0.1) is 11.1 Å². The number of hydrogen-bond donors (Lipinski definition) is 0. The Morgan fingerprint density at radius 2 is 2.10 bits per heavy atom. The molecule has 4 rings (SSSR count). The number of aromatic nitrogens is 6. The Bertz CT molecular complexity index is 1050. The SMILES string of the molecule is CCOC(=O)Cn1nnc(-c2nnc(N3CCC(Oc4cc(F)ccc4Br)CC3)s2)n1. The van der Waals surface area contributed by atoms with Gasteiger partial charge in [-0.2, -0.15) is 4.80 Å². The third-order valence-electron chi connectivity index (χ3n) is 4.53. The van der Waals surface area contributed by atoms with Gasteiger partial charge < -0.3 is 14.4 Å². The highest BCUT2D eigenvalue weighted by Crippen LogP contribution is 2.31. The van der Waals surface area contributed by atoms with Crippen molar-refractivity contribution in [3.63, 3.8) is 0 Å². The minimum absolute atomic E-state index is 0.00816. The zero-order chi connectivity index (χ0) is 21.8. The van der Waals surface area contributed by atoms with Gasteiger partial charge in [-0.15, -0.1) is 20.4 Å². The molecule has 0 aliphatic carbocycles. The number of esters is 1. The second kappa shape index (κ2) is 9.64. The lowest BCUT2D eigenvalue weighted by Gasteiger charge is -2.31. The van der Waals surface area contributed by atoms with E-state index in [2.05, 4.69) is 46.4 Å². The summed E-state index contributed by atoms with van der Waals surface area (Å²) < 4.78 is 25.0. The van der Waals surface area contributed by atoms with Crippen molar-refractivity contribution in [2.24, 2.45) is 0 Å². The number of tetrazole rings is 1. The van der Waals surface area contributed by atoms with Gasteiger partial charge in [0.1, 0.15) is 17.7 Å². The van der Waals surface area contributed by atoms with Gasteiger partial charge in [0.25, 0.3) is 0 Å². The first-order valence-electron chi connectivity index (χ1n) is 9.65. The van der Waals surface area contributed by atoms with Crippen LogP contribution in [0.25, 0.3) is 10.8 Å². The molecule has 13 heteroatoms. The summed E-state index contributed by atoms with van der Waals surface area (Å²) in [6.45, 7) is 3.38. The molecule has 0 N–H and O–H groups in total. The fourth-order valence-corrected chi connectivity index (χ4v) is 4.22. The van der Waals surface area contributed by atoms with Crippen molar-refractivity contribution < 1.29 is 18.7 Å². The van der Waals surface area contributed by atoms with Gasteiger partial charge in [0.2, 0.25) is 11.0 Å². The molecule has 1 aromatic carbocycles. The molecule has 1 fully saturated rings. The van der Waals surface area contributed by atoms with Crippen molar-refractivity contribution in [2.75, 3.05) is 24.6 Å². The molecule has 164 valence electrons. The molecule has 3 aromatic rings. The van der Waals surface area contributed by atoms with Crippen molar-refractivity contribution in [3.05, 3.63) is 28.5 Å². The number of anilines is 1. The molecule has 0 saturated carbocycles. The third-order valence-corrected chi connectivity index (χ3v) is 6.17. The van der Waals surface area contributed by atoms with E-state index >= 15 is 0 Å². The minimum Gasteiger partial charge on any atom is -0.489 e. The number of piperidine rings is 1. The van der Waals surface area contributed by atoms with E-state index in [9.17, 15) is 9.18 Å². The van der Waals surface area contributed by atoms with Crippen LogP contribution in [0.3, 0.4) is 0 Å². The zero-order valence-corrected chi connectivity index (χ0v) is 19.0. The highest BCUT2D eigenvalue weighted by Gasteiger charge is 2.25. The van der Waals surface area contributed by atoms with Crippen LogP contribution in [0.5, 0.6) is 5.75 Å². The Kier molecular flexibility index (Phi) is 6.70. The molecule has 0 radical (unpaired) electrons.